The molecule has 0 spiro atoms. The first-order chi connectivity index (χ1) is 12.3. The predicted molar refractivity (Wildman–Crippen MR) is 105 cm³/mol. The van der Waals surface area contributed by atoms with E-state index in [1.807, 2.05) is 45.9 Å². The summed E-state index contributed by atoms with van der Waals surface area (Å²) >= 11 is 0. The quantitative estimate of drug-likeness (QED) is 0.884. The monoisotopic (exact) mass is 351 g/mol. The third kappa shape index (κ3) is 3.83. The van der Waals surface area contributed by atoms with Gasteiger partial charge in [0.2, 0.25) is 5.91 Å². The molecule has 3 heteroatoms. The van der Waals surface area contributed by atoms with Gasteiger partial charge >= 0.3 is 0 Å². The zero-order chi connectivity index (χ0) is 18.9. The summed E-state index contributed by atoms with van der Waals surface area (Å²) in [6.45, 7) is 7.76. The average molecular weight is 351 g/mol. The molecule has 26 heavy (non-hydrogen) atoms. The first-order valence-electron chi connectivity index (χ1n) is 9.42. The van der Waals surface area contributed by atoms with Crippen molar-refractivity contribution >= 4 is 5.91 Å². The van der Waals surface area contributed by atoms with E-state index in [2.05, 4.69) is 36.4 Å². The summed E-state index contributed by atoms with van der Waals surface area (Å²) in [5.74, 6) is 0.134. The Balaban J connectivity index is 1.77. The van der Waals surface area contributed by atoms with Crippen molar-refractivity contribution in [3.63, 3.8) is 0 Å². The lowest BCUT2D eigenvalue weighted by molar-refractivity contribution is -0.150. The highest BCUT2D eigenvalue weighted by atomic mass is 16.3. The van der Waals surface area contributed by atoms with E-state index < -0.39 is 11.6 Å². The maximum atomic E-state index is 12.8. The number of carbonyl (C=O) groups is 1. The molecule has 0 radical (unpaired) electrons. The third-order valence-corrected chi connectivity index (χ3v) is 5.24. The maximum absolute atomic E-state index is 12.8. The van der Waals surface area contributed by atoms with Crippen LogP contribution in [0, 0.1) is 11.3 Å². The molecule has 1 saturated heterocycles. The number of aliphatic hydroxyl groups excluding tert-OH is 1. The van der Waals surface area contributed by atoms with Crippen LogP contribution in [-0.2, 0) is 11.2 Å². The van der Waals surface area contributed by atoms with Gasteiger partial charge in [-0.05, 0) is 29.5 Å². The number of nitrogens with zero attached hydrogens (tertiary/aromatic N) is 1. The van der Waals surface area contributed by atoms with Gasteiger partial charge in [0.25, 0.3) is 0 Å². The van der Waals surface area contributed by atoms with Gasteiger partial charge in [-0.2, -0.15) is 0 Å². The Bertz CT molecular complexity index is 746. The van der Waals surface area contributed by atoms with E-state index in [9.17, 15) is 9.90 Å². The van der Waals surface area contributed by atoms with Gasteiger partial charge in [0, 0.05) is 17.4 Å². The van der Waals surface area contributed by atoms with Crippen LogP contribution in [0.3, 0.4) is 0 Å². The molecule has 3 atom stereocenters. The van der Waals surface area contributed by atoms with Crippen molar-refractivity contribution < 1.29 is 9.90 Å². The fourth-order valence-corrected chi connectivity index (χ4v) is 3.75. The van der Waals surface area contributed by atoms with Crippen molar-refractivity contribution in [2.45, 2.75) is 52.8 Å². The fourth-order valence-electron chi connectivity index (χ4n) is 3.75. The van der Waals surface area contributed by atoms with Crippen molar-refractivity contribution in [2.75, 3.05) is 0 Å². The molecular weight excluding hydrogens is 322 g/mol. The Hall–Kier alpha value is -2.13. The number of carbonyl (C=O) groups excluding carboxylic acids is 1. The second-order valence-electron chi connectivity index (χ2n) is 8.51. The number of likely N-dealkylation sites (tertiary alicyclic amines) is 1. The molecule has 1 N–H and O–H groups in total. The lowest BCUT2D eigenvalue weighted by Gasteiger charge is -2.33. The number of hydrogen-bond donors (Lipinski definition) is 1. The first kappa shape index (κ1) is 18.7. The minimum absolute atomic E-state index is 0.0280. The summed E-state index contributed by atoms with van der Waals surface area (Å²) in [7, 11) is 0. The molecule has 1 fully saturated rings. The Kier molecular flexibility index (Phi) is 5.19. The van der Waals surface area contributed by atoms with E-state index in [1.54, 1.807) is 4.90 Å². The Morgan fingerprint density at radius 3 is 2.19 bits per heavy atom. The number of benzene rings is 2. The number of aliphatic hydroxyl groups is 1. The molecule has 0 aromatic heterocycles. The molecule has 3 rings (SSSR count). The molecule has 3 nitrogen and oxygen atoms in total. The number of amides is 1. The van der Waals surface area contributed by atoms with E-state index >= 15 is 0 Å². The molecule has 0 bridgehead atoms. The third-order valence-electron chi connectivity index (χ3n) is 5.24. The van der Waals surface area contributed by atoms with Gasteiger partial charge in [0.15, 0.2) is 0 Å². The highest BCUT2D eigenvalue weighted by molar-refractivity contribution is 5.82. The molecule has 0 aliphatic carbocycles. The van der Waals surface area contributed by atoms with E-state index in [4.69, 9.17) is 0 Å². The molecule has 138 valence electrons. The standard InChI is InChI=1S/C23H29NO2/c1-16-14-20(24(21(16)25)22(26)23(2,3)4)15-17-10-12-19(13-11-17)18-8-6-5-7-9-18/h5-13,16,20-21,25H,14-15H2,1-4H3/t16?,20-,21?/m0/s1. The lowest BCUT2D eigenvalue weighted by Crippen LogP contribution is -2.48. The van der Waals surface area contributed by atoms with Gasteiger partial charge in [0.1, 0.15) is 6.23 Å². The molecule has 1 amide bonds. The van der Waals surface area contributed by atoms with Gasteiger partial charge in [-0.3, -0.25) is 4.79 Å². The molecule has 1 aliphatic rings. The smallest absolute Gasteiger partial charge is 0.230 e. The fraction of sp³-hybridized carbons (Fsp3) is 0.435. The highest BCUT2D eigenvalue weighted by Crippen LogP contribution is 2.34. The molecule has 2 unspecified atom stereocenters. The van der Waals surface area contributed by atoms with Gasteiger partial charge in [-0.25, -0.2) is 0 Å². The van der Waals surface area contributed by atoms with Crippen LogP contribution >= 0.6 is 0 Å². The Morgan fingerprint density at radius 2 is 1.62 bits per heavy atom. The molecule has 1 heterocycles. The van der Waals surface area contributed by atoms with Crippen LogP contribution in [0.4, 0.5) is 0 Å². The van der Waals surface area contributed by atoms with Crippen molar-refractivity contribution in [1.29, 1.82) is 0 Å². The van der Waals surface area contributed by atoms with Crippen molar-refractivity contribution in [1.82, 2.24) is 4.90 Å². The van der Waals surface area contributed by atoms with E-state index in [-0.39, 0.29) is 17.9 Å². The van der Waals surface area contributed by atoms with Gasteiger partial charge < -0.3 is 10.0 Å². The van der Waals surface area contributed by atoms with Gasteiger partial charge in [-0.1, -0.05) is 82.3 Å². The minimum Gasteiger partial charge on any atom is -0.373 e. The summed E-state index contributed by atoms with van der Waals surface area (Å²) in [6.07, 6.45) is 0.928. The van der Waals surface area contributed by atoms with Crippen molar-refractivity contribution in [3.05, 3.63) is 60.2 Å². The summed E-state index contributed by atoms with van der Waals surface area (Å²) in [5.41, 5.74) is 3.11. The van der Waals surface area contributed by atoms with Crippen molar-refractivity contribution in [2.24, 2.45) is 11.3 Å². The zero-order valence-corrected chi connectivity index (χ0v) is 16.1. The Morgan fingerprint density at radius 1 is 1.04 bits per heavy atom. The number of hydrogen-bond acceptors (Lipinski definition) is 2. The maximum Gasteiger partial charge on any atom is 0.230 e. The highest BCUT2D eigenvalue weighted by Gasteiger charge is 2.43. The Labute approximate surface area is 156 Å². The molecular formula is C23H29NO2. The molecule has 2 aromatic rings. The first-order valence-corrected chi connectivity index (χ1v) is 9.42. The van der Waals surface area contributed by atoms with Crippen LogP contribution in [0.25, 0.3) is 11.1 Å². The SMILES string of the molecule is CC1C[C@@H](Cc2ccc(-c3ccccc3)cc2)N(C(=O)C(C)(C)C)C1O. The van der Waals surface area contributed by atoms with E-state index in [0.29, 0.717) is 0 Å². The van der Waals surface area contributed by atoms with Crippen LogP contribution in [-0.4, -0.2) is 28.2 Å². The average Bonchev–Trinajstić information content (AvgIpc) is 2.88. The van der Waals surface area contributed by atoms with Gasteiger partial charge in [0.05, 0.1) is 0 Å². The van der Waals surface area contributed by atoms with Crippen LogP contribution in [0.15, 0.2) is 54.6 Å². The van der Waals surface area contributed by atoms with E-state index in [1.165, 1.54) is 16.7 Å². The van der Waals surface area contributed by atoms with Gasteiger partial charge in [-0.15, -0.1) is 0 Å². The second kappa shape index (κ2) is 7.24. The minimum atomic E-state index is -0.685. The number of rotatable bonds is 3. The molecule has 2 aromatic carbocycles. The second-order valence-corrected chi connectivity index (χ2v) is 8.51. The largest absolute Gasteiger partial charge is 0.373 e. The summed E-state index contributed by atoms with van der Waals surface area (Å²) in [6, 6.07) is 18.9. The van der Waals surface area contributed by atoms with Crippen molar-refractivity contribution in [3.8, 4) is 11.1 Å². The zero-order valence-electron chi connectivity index (χ0n) is 16.1. The molecule has 0 saturated carbocycles. The van der Waals surface area contributed by atoms with Crippen LogP contribution in [0.5, 0.6) is 0 Å². The summed E-state index contributed by atoms with van der Waals surface area (Å²) < 4.78 is 0. The van der Waals surface area contributed by atoms with Crippen LogP contribution in [0.1, 0.15) is 39.7 Å². The van der Waals surface area contributed by atoms with Crippen LogP contribution < -0.4 is 0 Å². The molecule has 1 aliphatic heterocycles. The van der Waals surface area contributed by atoms with E-state index in [0.717, 1.165) is 12.8 Å². The lowest BCUT2D eigenvalue weighted by atomic mass is 9.93. The normalized spacial score (nSPS) is 23.3. The van der Waals surface area contributed by atoms with Crippen LogP contribution in [0.2, 0.25) is 0 Å². The summed E-state index contributed by atoms with van der Waals surface area (Å²) in [5, 5.41) is 10.5. The summed E-state index contributed by atoms with van der Waals surface area (Å²) in [4.78, 5) is 14.5. The topological polar surface area (TPSA) is 40.5 Å². The predicted octanol–water partition coefficient (Wildman–Crippen LogP) is 4.50.